The molecule has 4 fully saturated rings. The molecule has 1 heterocycles. The van der Waals surface area contributed by atoms with Crippen LogP contribution in [-0.2, 0) is 0 Å². The van der Waals surface area contributed by atoms with Crippen LogP contribution in [0.1, 0.15) is 98.8 Å². The Bertz CT molecular complexity index is 467. The van der Waals surface area contributed by atoms with Crippen molar-refractivity contribution in [2.45, 2.75) is 111 Å². The summed E-state index contributed by atoms with van der Waals surface area (Å²) < 4.78 is 0. The van der Waals surface area contributed by atoms with Gasteiger partial charge in [0.25, 0.3) is 0 Å². The summed E-state index contributed by atoms with van der Waals surface area (Å²) in [6.45, 7) is 12.7. The Morgan fingerprint density at radius 2 is 1.24 bits per heavy atom. The van der Waals surface area contributed by atoms with E-state index in [1.165, 1.54) is 64.2 Å². The lowest BCUT2D eigenvalue weighted by atomic mass is 9.61. The van der Waals surface area contributed by atoms with Crippen LogP contribution < -0.4 is 5.32 Å². The van der Waals surface area contributed by atoms with Crippen molar-refractivity contribution in [3.05, 3.63) is 0 Å². The highest BCUT2D eigenvalue weighted by atomic mass is 15.0. The Balaban J connectivity index is 1.64. The molecule has 0 amide bonds. The standard InChI is InChI=1S/C24H43N/c1-23(2,3)20-15-14-19-17-12-8-9-13-18(17)21(22(19)25-20)24(4,5)16-10-6-7-11-16/h16-22,25H,6-15H2,1-5H3. The number of hydrogen-bond acceptors (Lipinski definition) is 1. The third kappa shape index (κ3) is 3.11. The van der Waals surface area contributed by atoms with E-state index in [2.05, 4.69) is 39.9 Å². The fourth-order valence-corrected chi connectivity index (χ4v) is 7.90. The highest BCUT2D eigenvalue weighted by Gasteiger charge is 2.58. The summed E-state index contributed by atoms with van der Waals surface area (Å²) >= 11 is 0. The average molecular weight is 346 g/mol. The lowest BCUT2D eigenvalue weighted by Gasteiger charge is -2.48. The molecule has 6 atom stereocenters. The van der Waals surface area contributed by atoms with Crippen molar-refractivity contribution < 1.29 is 0 Å². The van der Waals surface area contributed by atoms with E-state index in [9.17, 15) is 0 Å². The molecule has 1 nitrogen and oxygen atoms in total. The zero-order valence-corrected chi connectivity index (χ0v) is 17.6. The predicted molar refractivity (Wildman–Crippen MR) is 108 cm³/mol. The van der Waals surface area contributed by atoms with Gasteiger partial charge in [0.2, 0.25) is 0 Å². The molecule has 1 saturated heterocycles. The first-order valence-electron chi connectivity index (χ1n) is 11.6. The maximum atomic E-state index is 4.29. The summed E-state index contributed by atoms with van der Waals surface area (Å²) in [4.78, 5) is 0. The fraction of sp³-hybridized carbons (Fsp3) is 1.00. The second-order valence-corrected chi connectivity index (χ2v) is 11.8. The molecule has 3 aliphatic carbocycles. The fourth-order valence-electron chi connectivity index (χ4n) is 7.90. The number of nitrogens with one attached hydrogen (secondary N) is 1. The van der Waals surface area contributed by atoms with Gasteiger partial charge in [-0.2, -0.15) is 0 Å². The number of hydrogen-bond donors (Lipinski definition) is 1. The minimum atomic E-state index is 0.404. The molecule has 0 aromatic carbocycles. The number of rotatable bonds is 2. The molecule has 4 rings (SSSR count). The summed E-state index contributed by atoms with van der Waals surface area (Å²) in [5, 5.41) is 4.29. The minimum Gasteiger partial charge on any atom is -0.310 e. The van der Waals surface area contributed by atoms with Crippen molar-refractivity contribution in [2.75, 3.05) is 0 Å². The summed E-state index contributed by atoms with van der Waals surface area (Å²) in [5.41, 5.74) is 0.934. The van der Waals surface area contributed by atoms with Crippen LogP contribution in [0.2, 0.25) is 0 Å². The molecule has 144 valence electrons. The largest absolute Gasteiger partial charge is 0.310 e. The van der Waals surface area contributed by atoms with Crippen molar-refractivity contribution >= 4 is 0 Å². The third-order valence-electron chi connectivity index (χ3n) is 9.23. The molecular formula is C24H43N. The molecule has 1 aliphatic heterocycles. The summed E-state index contributed by atoms with van der Waals surface area (Å²) in [6, 6.07) is 1.53. The zero-order valence-electron chi connectivity index (χ0n) is 17.6. The zero-order chi connectivity index (χ0) is 17.8. The third-order valence-corrected chi connectivity index (χ3v) is 9.23. The van der Waals surface area contributed by atoms with Crippen LogP contribution in [0, 0.1) is 40.4 Å². The van der Waals surface area contributed by atoms with Gasteiger partial charge in [-0.05, 0) is 78.9 Å². The molecule has 25 heavy (non-hydrogen) atoms. The molecule has 3 saturated carbocycles. The van der Waals surface area contributed by atoms with Gasteiger partial charge >= 0.3 is 0 Å². The van der Waals surface area contributed by atoms with Crippen LogP contribution in [0.3, 0.4) is 0 Å². The van der Waals surface area contributed by atoms with Gasteiger partial charge in [-0.25, -0.2) is 0 Å². The second-order valence-electron chi connectivity index (χ2n) is 11.8. The summed E-state index contributed by atoms with van der Waals surface area (Å²) in [5.74, 6) is 4.95. The molecule has 1 N–H and O–H groups in total. The predicted octanol–water partition coefficient (Wildman–Crippen LogP) is 6.42. The second kappa shape index (κ2) is 6.54. The molecule has 0 bridgehead atoms. The normalized spacial score (nSPS) is 43.1. The SMILES string of the molecule is CC(C)(C)C1CCC2C3CCCCC3C(C(C)(C)C3CCCC3)C2N1. The van der Waals surface area contributed by atoms with Crippen molar-refractivity contribution in [1.29, 1.82) is 0 Å². The van der Waals surface area contributed by atoms with Gasteiger partial charge in [0, 0.05) is 12.1 Å². The molecule has 6 unspecified atom stereocenters. The highest BCUT2D eigenvalue weighted by molar-refractivity contribution is 5.10. The number of piperidine rings is 1. The smallest absolute Gasteiger partial charge is 0.0137 e. The Morgan fingerprint density at radius 1 is 0.640 bits per heavy atom. The van der Waals surface area contributed by atoms with Crippen molar-refractivity contribution in [3.63, 3.8) is 0 Å². The lowest BCUT2D eigenvalue weighted by molar-refractivity contribution is 0.0360. The minimum absolute atomic E-state index is 0.404. The van der Waals surface area contributed by atoms with Gasteiger partial charge in [0.05, 0.1) is 0 Å². The summed E-state index contributed by atoms with van der Waals surface area (Å²) in [6.07, 6.45) is 14.9. The molecule has 4 aliphatic rings. The highest BCUT2D eigenvalue weighted by Crippen LogP contribution is 2.61. The first kappa shape index (κ1) is 18.3. The lowest BCUT2D eigenvalue weighted by Crippen LogP contribution is -2.56. The van der Waals surface area contributed by atoms with Gasteiger partial charge in [-0.15, -0.1) is 0 Å². The molecular weight excluding hydrogens is 302 g/mol. The maximum absolute atomic E-state index is 4.29. The molecule has 0 aromatic rings. The molecule has 1 heteroatoms. The van der Waals surface area contributed by atoms with E-state index in [0.29, 0.717) is 10.8 Å². The average Bonchev–Trinajstić information content (AvgIpc) is 3.20. The summed E-state index contributed by atoms with van der Waals surface area (Å²) in [7, 11) is 0. The molecule has 0 radical (unpaired) electrons. The van der Waals surface area contributed by atoms with Gasteiger partial charge in [0.1, 0.15) is 0 Å². The van der Waals surface area contributed by atoms with Gasteiger partial charge < -0.3 is 5.32 Å². The van der Waals surface area contributed by atoms with Crippen molar-refractivity contribution in [1.82, 2.24) is 5.32 Å². The monoisotopic (exact) mass is 345 g/mol. The van der Waals surface area contributed by atoms with Crippen LogP contribution in [0.4, 0.5) is 0 Å². The van der Waals surface area contributed by atoms with Crippen LogP contribution in [0.25, 0.3) is 0 Å². The van der Waals surface area contributed by atoms with E-state index < -0.39 is 0 Å². The first-order valence-corrected chi connectivity index (χ1v) is 11.6. The Hall–Kier alpha value is -0.0400. The maximum Gasteiger partial charge on any atom is 0.0137 e. The first-order chi connectivity index (χ1) is 11.8. The molecule has 0 spiro atoms. The van der Waals surface area contributed by atoms with E-state index in [4.69, 9.17) is 0 Å². The Morgan fingerprint density at radius 3 is 1.88 bits per heavy atom. The van der Waals surface area contributed by atoms with E-state index in [-0.39, 0.29) is 0 Å². The Kier molecular flexibility index (Phi) is 4.79. The van der Waals surface area contributed by atoms with Gasteiger partial charge in [-0.3, -0.25) is 0 Å². The quantitative estimate of drug-likeness (QED) is 0.608. The van der Waals surface area contributed by atoms with Gasteiger partial charge in [-0.1, -0.05) is 60.3 Å². The van der Waals surface area contributed by atoms with Gasteiger partial charge in [0.15, 0.2) is 0 Å². The Labute approximate surface area is 157 Å². The van der Waals surface area contributed by atoms with E-state index in [1.807, 2.05) is 0 Å². The van der Waals surface area contributed by atoms with E-state index in [1.54, 1.807) is 0 Å². The molecule has 0 aromatic heterocycles. The van der Waals surface area contributed by atoms with E-state index >= 15 is 0 Å². The van der Waals surface area contributed by atoms with Crippen molar-refractivity contribution in [2.24, 2.45) is 40.4 Å². The van der Waals surface area contributed by atoms with Crippen molar-refractivity contribution in [3.8, 4) is 0 Å². The topological polar surface area (TPSA) is 12.0 Å². The van der Waals surface area contributed by atoms with Crippen LogP contribution in [0.15, 0.2) is 0 Å². The van der Waals surface area contributed by atoms with Crippen LogP contribution in [-0.4, -0.2) is 12.1 Å². The number of fused-ring (bicyclic) bond motifs is 3. The van der Waals surface area contributed by atoms with E-state index in [0.717, 1.165) is 41.7 Å². The van der Waals surface area contributed by atoms with Crippen LogP contribution in [0.5, 0.6) is 0 Å². The van der Waals surface area contributed by atoms with Crippen LogP contribution >= 0.6 is 0 Å².